The lowest BCUT2D eigenvalue weighted by atomic mass is 9.97. The summed E-state index contributed by atoms with van der Waals surface area (Å²) in [6.45, 7) is 7.81. The van der Waals surface area contributed by atoms with Crippen LogP contribution in [0.5, 0.6) is 0 Å². The molecule has 1 unspecified atom stereocenters. The number of halogens is 1. The largest absolute Gasteiger partial charge is 0.456 e. The summed E-state index contributed by atoms with van der Waals surface area (Å²) in [6.07, 6.45) is 0.344. The van der Waals surface area contributed by atoms with E-state index in [4.69, 9.17) is 26.8 Å². The van der Waals surface area contributed by atoms with Crippen molar-refractivity contribution < 1.29 is 14.3 Å². The van der Waals surface area contributed by atoms with Gasteiger partial charge in [0.1, 0.15) is 11.7 Å². The average Bonchev–Trinajstić information content (AvgIpc) is 2.45. The van der Waals surface area contributed by atoms with Gasteiger partial charge in [-0.3, -0.25) is 0 Å². The van der Waals surface area contributed by atoms with Gasteiger partial charge in [0.2, 0.25) is 0 Å². The van der Waals surface area contributed by atoms with Crippen LogP contribution in [0.4, 0.5) is 5.69 Å². The number of ether oxygens (including phenoxy) is 2. The maximum absolute atomic E-state index is 12.2. The SMILES string of the molecule is CC1(C)CC(OC(=O)c2ccc(N)cc2Cl)C(C)(C)O1. The first-order valence-electron chi connectivity index (χ1n) is 6.57. The lowest BCUT2D eigenvalue weighted by Crippen LogP contribution is -2.36. The van der Waals surface area contributed by atoms with Crippen LogP contribution in [0.15, 0.2) is 18.2 Å². The number of nitrogens with two attached hydrogens (primary N) is 1. The van der Waals surface area contributed by atoms with Crippen LogP contribution in [0.1, 0.15) is 44.5 Å². The van der Waals surface area contributed by atoms with Crippen LogP contribution in [-0.2, 0) is 9.47 Å². The van der Waals surface area contributed by atoms with E-state index in [1.807, 2.05) is 27.7 Å². The van der Waals surface area contributed by atoms with E-state index >= 15 is 0 Å². The smallest absolute Gasteiger partial charge is 0.340 e. The molecule has 1 saturated heterocycles. The Morgan fingerprint density at radius 1 is 1.40 bits per heavy atom. The molecule has 0 amide bonds. The molecule has 110 valence electrons. The number of carbonyl (C=O) groups excluding carboxylic acids is 1. The van der Waals surface area contributed by atoms with Gasteiger partial charge in [-0.1, -0.05) is 11.6 Å². The minimum atomic E-state index is -0.514. The van der Waals surface area contributed by atoms with E-state index in [2.05, 4.69) is 0 Å². The predicted molar refractivity (Wildman–Crippen MR) is 78.9 cm³/mol. The number of carbonyl (C=O) groups is 1. The maximum Gasteiger partial charge on any atom is 0.340 e. The molecule has 1 aliphatic heterocycles. The summed E-state index contributed by atoms with van der Waals surface area (Å²) in [5.74, 6) is -0.450. The van der Waals surface area contributed by atoms with Crippen molar-refractivity contribution in [2.45, 2.75) is 51.4 Å². The third-order valence-electron chi connectivity index (χ3n) is 3.45. The standard InChI is InChI=1S/C15H20ClNO3/c1-14(2)8-12(15(3,4)20-14)19-13(18)10-6-5-9(17)7-11(10)16/h5-7,12H,8,17H2,1-4H3. The Balaban J connectivity index is 2.16. The number of anilines is 1. The highest BCUT2D eigenvalue weighted by Gasteiger charge is 2.48. The summed E-state index contributed by atoms with van der Waals surface area (Å²) in [4.78, 5) is 12.2. The highest BCUT2D eigenvalue weighted by Crippen LogP contribution is 2.39. The molecule has 0 saturated carbocycles. The zero-order valence-corrected chi connectivity index (χ0v) is 13.0. The van der Waals surface area contributed by atoms with E-state index in [0.29, 0.717) is 22.7 Å². The molecule has 1 aromatic carbocycles. The quantitative estimate of drug-likeness (QED) is 0.671. The number of esters is 1. The molecule has 0 aliphatic carbocycles. The van der Waals surface area contributed by atoms with Crippen LogP contribution in [0, 0.1) is 0 Å². The van der Waals surface area contributed by atoms with Gasteiger partial charge in [-0.05, 0) is 45.9 Å². The average molecular weight is 298 g/mol. The van der Waals surface area contributed by atoms with Crippen molar-refractivity contribution in [3.8, 4) is 0 Å². The minimum Gasteiger partial charge on any atom is -0.456 e. The first kappa shape index (κ1) is 15.1. The van der Waals surface area contributed by atoms with Crippen LogP contribution >= 0.6 is 11.6 Å². The van der Waals surface area contributed by atoms with E-state index < -0.39 is 11.6 Å². The van der Waals surface area contributed by atoms with Gasteiger partial charge in [0, 0.05) is 12.1 Å². The molecule has 2 N–H and O–H groups in total. The Kier molecular flexibility index (Phi) is 3.73. The summed E-state index contributed by atoms with van der Waals surface area (Å²) in [5, 5.41) is 0.297. The van der Waals surface area contributed by atoms with E-state index in [-0.39, 0.29) is 11.7 Å². The van der Waals surface area contributed by atoms with Crippen molar-refractivity contribution in [3.05, 3.63) is 28.8 Å². The molecular formula is C15H20ClNO3. The fourth-order valence-electron chi connectivity index (χ4n) is 2.58. The second-order valence-electron chi connectivity index (χ2n) is 6.30. The fraction of sp³-hybridized carbons (Fsp3) is 0.533. The Hall–Kier alpha value is -1.26. The van der Waals surface area contributed by atoms with Gasteiger partial charge in [0.15, 0.2) is 0 Å². The van der Waals surface area contributed by atoms with Gasteiger partial charge in [-0.2, -0.15) is 0 Å². The monoisotopic (exact) mass is 297 g/mol. The first-order valence-corrected chi connectivity index (χ1v) is 6.95. The highest BCUT2D eigenvalue weighted by atomic mass is 35.5. The summed E-state index contributed by atoms with van der Waals surface area (Å²) >= 11 is 6.02. The van der Waals surface area contributed by atoms with E-state index in [1.165, 1.54) is 0 Å². The van der Waals surface area contributed by atoms with Gasteiger partial charge in [0.05, 0.1) is 16.2 Å². The highest BCUT2D eigenvalue weighted by molar-refractivity contribution is 6.33. The van der Waals surface area contributed by atoms with Crippen LogP contribution in [0.25, 0.3) is 0 Å². The molecule has 0 radical (unpaired) electrons. The van der Waals surface area contributed by atoms with Crippen LogP contribution in [-0.4, -0.2) is 23.3 Å². The van der Waals surface area contributed by atoms with Crippen LogP contribution in [0.2, 0.25) is 5.02 Å². The Labute approximate surface area is 124 Å². The molecule has 0 aromatic heterocycles. The van der Waals surface area contributed by atoms with Crippen molar-refractivity contribution in [2.75, 3.05) is 5.73 Å². The van der Waals surface area contributed by atoms with E-state index in [1.54, 1.807) is 18.2 Å². The van der Waals surface area contributed by atoms with Crippen molar-refractivity contribution in [1.82, 2.24) is 0 Å². The fourth-order valence-corrected chi connectivity index (χ4v) is 2.85. The van der Waals surface area contributed by atoms with Gasteiger partial charge in [-0.25, -0.2) is 4.79 Å². The van der Waals surface area contributed by atoms with Crippen LogP contribution < -0.4 is 5.73 Å². The van der Waals surface area contributed by atoms with Gasteiger partial charge >= 0.3 is 5.97 Å². The van der Waals surface area contributed by atoms with E-state index in [0.717, 1.165) is 0 Å². The molecule has 4 nitrogen and oxygen atoms in total. The summed E-state index contributed by atoms with van der Waals surface area (Å²) < 4.78 is 11.5. The lowest BCUT2D eigenvalue weighted by Gasteiger charge is -2.26. The first-order chi connectivity index (χ1) is 9.11. The third kappa shape index (κ3) is 3.07. The predicted octanol–water partition coefficient (Wildman–Crippen LogP) is 3.43. The Morgan fingerprint density at radius 2 is 2.05 bits per heavy atom. The lowest BCUT2D eigenvalue weighted by molar-refractivity contribution is -0.0924. The van der Waals surface area contributed by atoms with Gasteiger partial charge in [0.25, 0.3) is 0 Å². The molecule has 1 atom stereocenters. The Morgan fingerprint density at radius 3 is 2.55 bits per heavy atom. The van der Waals surface area contributed by atoms with Crippen LogP contribution in [0.3, 0.4) is 0 Å². The van der Waals surface area contributed by atoms with Crippen molar-refractivity contribution >= 4 is 23.3 Å². The number of rotatable bonds is 2. The Bertz CT molecular complexity index is 540. The second-order valence-corrected chi connectivity index (χ2v) is 6.71. The number of nitrogen functional groups attached to an aromatic ring is 1. The molecular weight excluding hydrogens is 278 g/mol. The van der Waals surface area contributed by atoms with Crippen molar-refractivity contribution in [3.63, 3.8) is 0 Å². The summed E-state index contributed by atoms with van der Waals surface area (Å²) in [6, 6.07) is 4.75. The van der Waals surface area contributed by atoms with Crippen molar-refractivity contribution in [2.24, 2.45) is 0 Å². The minimum absolute atomic E-state index is 0.297. The number of hydrogen-bond acceptors (Lipinski definition) is 4. The third-order valence-corrected chi connectivity index (χ3v) is 3.77. The van der Waals surface area contributed by atoms with Gasteiger partial charge < -0.3 is 15.2 Å². The zero-order valence-electron chi connectivity index (χ0n) is 12.2. The number of benzene rings is 1. The van der Waals surface area contributed by atoms with E-state index in [9.17, 15) is 4.79 Å². The topological polar surface area (TPSA) is 61.5 Å². The maximum atomic E-state index is 12.2. The molecule has 0 bridgehead atoms. The zero-order chi connectivity index (χ0) is 15.1. The van der Waals surface area contributed by atoms with Gasteiger partial charge in [-0.15, -0.1) is 0 Å². The molecule has 0 spiro atoms. The number of hydrogen-bond donors (Lipinski definition) is 1. The molecule has 5 heteroatoms. The molecule has 20 heavy (non-hydrogen) atoms. The molecule has 1 aromatic rings. The molecule has 1 heterocycles. The second kappa shape index (κ2) is 4.93. The molecule has 2 rings (SSSR count). The normalized spacial score (nSPS) is 23.6. The summed E-state index contributed by atoms with van der Waals surface area (Å²) in [7, 11) is 0. The molecule has 1 aliphatic rings. The molecule has 1 fully saturated rings. The summed E-state index contributed by atoms with van der Waals surface area (Å²) in [5.41, 5.74) is 5.62. The van der Waals surface area contributed by atoms with Crippen molar-refractivity contribution in [1.29, 1.82) is 0 Å².